The lowest BCUT2D eigenvalue weighted by atomic mass is 10.2. The minimum atomic E-state index is -0.406. The molecule has 0 spiro atoms. The van der Waals surface area contributed by atoms with E-state index in [0.717, 1.165) is 11.8 Å². The second-order valence-electron chi connectivity index (χ2n) is 6.07. The van der Waals surface area contributed by atoms with Crippen molar-refractivity contribution >= 4 is 29.3 Å². The summed E-state index contributed by atoms with van der Waals surface area (Å²) in [6.45, 7) is 2.04. The van der Waals surface area contributed by atoms with Gasteiger partial charge in [0.1, 0.15) is 11.5 Å². The summed E-state index contributed by atoms with van der Waals surface area (Å²) >= 11 is 1.11. The van der Waals surface area contributed by atoms with Crippen LogP contribution in [-0.4, -0.2) is 48.7 Å². The first-order valence-electron chi connectivity index (χ1n) is 9.29. The Labute approximate surface area is 183 Å². The number of methoxy groups -OCH3 is 2. The SMILES string of the molecule is CCOC(=O)c1ccc(NC(=O)CSc2nnc(-c3ccc(OC)cc3OC)o2)cc1. The van der Waals surface area contributed by atoms with E-state index in [0.29, 0.717) is 34.9 Å². The molecule has 0 bridgehead atoms. The fourth-order valence-electron chi connectivity index (χ4n) is 2.58. The van der Waals surface area contributed by atoms with E-state index in [1.165, 1.54) is 7.11 Å². The minimum Gasteiger partial charge on any atom is -0.497 e. The number of benzene rings is 2. The van der Waals surface area contributed by atoms with Crippen molar-refractivity contribution in [1.82, 2.24) is 10.2 Å². The average Bonchev–Trinajstić information content (AvgIpc) is 3.26. The number of esters is 1. The molecular formula is C21H21N3O6S. The molecule has 0 fully saturated rings. The van der Waals surface area contributed by atoms with Gasteiger partial charge in [-0.05, 0) is 43.3 Å². The second kappa shape index (κ2) is 10.5. The molecule has 2 aromatic carbocycles. The average molecular weight is 443 g/mol. The van der Waals surface area contributed by atoms with E-state index in [9.17, 15) is 9.59 Å². The Morgan fingerprint density at radius 3 is 2.52 bits per heavy atom. The lowest BCUT2D eigenvalue weighted by molar-refractivity contribution is -0.113. The number of thioether (sulfide) groups is 1. The molecule has 1 aromatic heterocycles. The monoisotopic (exact) mass is 443 g/mol. The van der Waals surface area contributed by atoms with Crippen LogP contribution in [0.2, 0.25) is 0 Å². The number of nitrogens with one attached hydrogen (secondary N) is 1. The van der Waals surface area contributed by atoms with E-state index in [1.54, 1.807) is 56.5 Å². The van der Waals surface area contributed by atoms with E-state index in [2.05, 4.69) is 15.5 Å². The molecule has 0 unspecified atom stereocenters. The standard InChI is InChI=1S/C21H21N3O6S/c1-4-29-20(26)13-5-7-14(8-6-13)22-18(25)12-31-21-24-23-19(30-21)16-10-9-15(27-2)11-17(16)28-3/h5-11H,4,12H2,1-3H3,(H,22,25). The maximum atomic E-state index is 12.2. The van der Waals surface area contributed by atoms with E-state index >= 15 is 0 Å². The molecule has 0 aliphatic heterocycles. The number of carbonyl (C=O) groups excluding carboxylic acids is 2. The first kappa shape index (κ1) is 22.2. The van der Waals surface area contributed by atoms with Crippen molar-refractivity contribution in [2.75, 3.05) is 31.9 Å². The van der Waals surface area contributed by atoms with Gasteiger partial charge >= 0.3 is 5.97 Å². The van der Waals surface area contributed by atoms with Gasteiger partial charge in [-0.3, -0.25) is 4.79 Å². The molecule has 10 heteroatoms. The number of amides is 1. The van der Waals surface area contributed by atoms with Gasteiger partial charge in [0.2, 0.25) is 5.91 Å². The van der Waals surface area contributed by atoms with Gasteiger partial charge in [0.05, 0.1) is 37.7 Å². The Kier molecular flexibility index (Phi) is 7.50. The molecule has 0 aliphatic rings. The third kappa shape index (κ3) is 5.76. The van der Waals surface area contributed by atoms with Crippen LogP contribution in [0.1, 0.15) is 17.3 Å². The van der Waals surface area contributed by atoms with Crippen LogP contribution in [0.15, 0.2) is 52.1 Å². The molecule has 9 nitrogen and oxygen atoms in total. The molecule has 0 saturated carbocycles. The third-order valence-electron chi connectivity index (χ3n) is 4.05. The molecule has 1 heterocycles. The molecule has 3 rings (SSSR count). The summed E-state index contributed by atoms with van der Waals surface area (Å²) in [4.78, 5) is 23.9. The van der Waals surface area contributed by atoms with Gasteiger partial charge in [-0.15, -0.1) is 10.2 Å². The zero-order valence-electron chi connectivity index (χ0n) is 17.2. The number of anilines is 1. The molecule has 162 valence electrons. The normalized spacial score (nSPS) is 10.4. The van der Waals surface area contributed by atoms with Crippen LogP contribution in [0.25, 0.3) is 11.5 Å². The number of aromatic nitrogens is 2. The number of carbonyl (C=O) groups is 2. The van der Waals surface area contributed by atoms with Gasteiger partial charge < -0.3 is 23.9 Å². The number of nitrogens with zero attached hydrogens (tertiary/aromatic N) is 2. The van der Waals surface area contributed by atoms with Crippen molar-refractivity contribution in [2.45, 2.75) is 12.1 Å². The Bertz CT molecular complexity index is 1050. The zero-order valence-corrected chi connectivity index (χ0v) is 18.0. The van der Waals surface area contributed by atoms with Gasteiger partial charge in [-0.1, -0.05) is 11.8 Å². The van der Waals surface area contributed by atoms with Crippen molar-refractivity contribution in [3.63, 3.8) is 0 Å². The van der Waals surface area contributed by atoms with E-state index in [-0.39, 0.29) is 22.8 Å². The number of rotatable bonds is 9. The number of ether oxygens (including phenoxy) is 3. The van der Waals surface area contributed by atoms with Gasteiger partial charge in [0.15, 0.2) is 0 Å². The lowest BCUT2D eigenvalue weighted by Crippen LogP contribution is -2.14. The highest BCUT2D eigenvalue weighted by molar-refractivity contribution is 7.99. The largest absolute Gasteiger partial charge is 0.497 e. The molecule has 31 heavy (non-hydrogen) atoms. The number of hydrogen-bond acceptors (Lipinski definition) is 9. The van der Waals surface area contributed by atoms with Crippen LogP contribution >= 0.6 is 11.8 Å². The smallest absolute Gasteiger partial charge is 0.338 e. The van der Waals surface area contributed by atoms with Crippen molar-refractivity contribution in [2.24, 2.45) is 0 Å². The van der Waals surface area contributed by atoms with Gasteiger partial charge in [-0.25, -0.2) is 4.79 Å². The molecule has 3 aromatic rings. The van der Waals surface area contributed by atoms with Crippen LogP contribution in [0, 0.1) is 0 Å². The Morgan fingerprint density at radius 2 is 1.84 bits per heavy atom. The number of hydrogen-bond donors (Lipinski definition) is 1. The second-order valence-corrected chi connectivity index (χ2v) is 7.00. The molecular weight excluding hydrogens is 422 g/mol. The maximum absolute atomic E-state index is 12.2. The maximum Gasteiger partial charge on any atom is 0.338 e. The first-order chi connectivity index (χ1) is 15.0. The lowest BCUT2D eigenvalue weighted by Gasteiger charge is -2.07. The Hall–Kier alpha value is -3.53. The summed E-state index contributed by atoms with van der Waals surface area (Å²) in [5.74, 6) is 0.857. The van der Waals surface area contributed by atoms with Crippen LogP contribution in [0.5, 0.6) is 11.5 Å². The van der Waals surface area contributed by atoms with Crippen molar-refractivity contribution in [3.05, 3.63) is 48.0 Å². The zero-order chi connectivity index (χ0) is 22.2. The summed E-state index contributed by atoms with van der Waals surface area (Å²) in [5.41, 5.74) is 1.60. The van der Waals surface area contributed by atoms with Crippen LogP contribution in [0.4, 0.5) is 5.69 Å². The fraction of sp³-hybridized carbons (Fsp3) is 0.238. The third-order valence-corrected chi connectivity index (χ3v) is 4.87. The first-order valence-corrected chi connectivity index (χ1v) is 10.3. The van der Waals surface area contributed by atoms with Crippen LogP contribution in [0.3, 0.4) is 0 Å². The van der Waals surface area contributed by atoms with Gasteiger partial charge in [0, 0.05) is 11.8 Å². The molecule has 0 radical (unpaired) electrons. The highest BCUT2D eigenvalue weighted by atomic mass is 32.2. The fourth-order valence-corrected chi connectivity index (χ4v) is 3.14. The molecule has 0 aliphatic carbocycles. The minimum absolute atomic E-state index is 0.0704. The van der Waals surface area contributed by atoms with Crippen LogP contribution < -0.4 is 14.8 Å². The summed E-state index contributed by atoms with van der Waals surface area (Å²) in [5, 5.41) is 11.0. The molecule has 0 saturated heterocycles. The van der Waals surface area contributed by atoms with Crippen LogP contribution in [-0.2, 0) is 9.53 Å². The predicted molar refractivity (Wildman–Crippen MR) is 115 cm³/mol. The highest BCUT2D eigenvalue weighted by Crippen LogP contribution is 2.33. The van der Waals surface area contributed by atoms with Crippen molar-refractivity contribution < 1.29 is 28.2 Å². The molecule has 1 N–H and O–H groups in total. The summed E-state index contributed by atoms with van der Waals surface area (Å²) in [6.07, 6.45) is 0. The summed E-state index contributed by atoms with van der Waals surface area (Å²) in [7, 11) is 3.10. The molecule has 0 atom stereocenters. The Morgan fingerprint density at radius 1 is 1.06 bits per heavy atom. The van der Waals surface area contributed by atoms with Gasteiger partial charge in [-0.2, -0.15) is 0 Å². The van der Waals surface area contributed by atoms with E-state index in [4.69, 9.17) is 18.6 Å². The quantitative estimate of drug-likeness (QED) is 0.391. The Balaban J connectivity index is 1.57. The summed E-state index contributed by atoms with van der Waals surface area (Å²) in [6, 6.07) is 11.7. The topological polar surface area (TPSA) is 113 Å². The van der Waals surface area contributed by atoms with Crippen molar-refractivity contribution in [3.8, 4) is 23.0 Å². The van der Waals surface area contributed by atoms with E-state index in [1.807, 2.05) is 0 Å². The van der Waals surface area contributed by atoms with Crippen molar-refractivity contribution in [1.29, 1.82) is 0 Å². The summed E-state index contributed by atoms with van der Waals surface area (Å²) < 4.78 is 21.1. The van der Waals surface area contributed by atoms with Gasteiger partial charge in [0.25, 0.3) is 11.1 Å². The molecule has 1 amide bonds. The highest BCUT2D eigenvalue weighted by Gasteiger charge is 2.16. The predicted octanol–water partition coefficient (Wildman–Crippen LogP) is 3.66. The van der Waals surface area contributed by atoms with E-state index < -0.39 is 5.97 Å².